The number of alkyl halides is 1. The number of benzene rings is 1. The average Bonchev–Trinajstić information content (AvgIpc) is 3.26. The van der Waals surface area contributed by atoms with Crippen LogP contribution in [0.5, 0.6) is 0 Å². The van der Waals surface area contributed by atoms with E-state index in [1.54, 1.807) is 16.2 Å². The van der Waals surface area contributed by atoms with Gasteiger partial charge in [-0.1, -0.05) is 43.5 Å². The van der Waals surface area contributed by atoms with Gasteiger partial charge in [0.1, 0.15) is 12.4 Å². The molecule has 0 spiro atoms. The van der Waals surface area contributed by atoms with Crippen molar-refractivity contribution in [1.82, 2.24) is 9.80 Å². The van der Waals surface area contributed by atoms with Crippen molar-refractivity contribution in [2.45, 2.75) is 57.5 Å². The highest BCUT2D eigenvalue weighted by Gasteiger charge is 2.35. The van der Waals surface area contributed by atoms with Crippen LogP contribution in [0.3, 0.4) is 0 Å². The quantitative estimate of drug-likeness (QED) is 0.613. The summed E-state index contributed by atoms with van der Waals surface area (Å²) in [5.41, 5.74) is 3.57. The first kappa shape index (κ1) is 21.4. The van der Waals surface area contributed by atoms with Gasteiger partial charge in [0.2, 0.25) is 11.8 Å². The molecule has 1 unspecified atom stereocenters. The standard InChI is InChI=1S/C24H29ClN2O2S/c1-17-7-5-6-10-19(17)24-20-12-14-30-21(20)11-13-26(24)23(29)16-27(22(28)15-25)18-8-3-2-4-9-18/h5-7,10,12,14,18,24H,2-4,8-9,11,13,15-16H2,1H3. The van der Waals surface area contributed by atoms with Crippen molar-refractivity contribution in [3.8, 4) is 0 Å². The molecule has 0 saturated heterocycles. The van der Waals surface area contributed by atoms with Crippen molar-refractivity contribution in [3.63, 3.8) is 0 Å². The van der Waals surface area contributed by atoms with Gasteiger partial charge in [-0.2, -0.15) is 0 Å². The summed E-state index contributed by atoms with van der Waals surface area (Å²) in [6.45, 7) is 2.90. The summed E-state index contributed by atoms with van der Waals surface area (Å²) >= 11 is 7.69. The van der Waals surface area contributed by atoms with E-state index in [9.17, 15) is 9.59 Å². The fraction of sp³-hybridized carbons (Fsp3) is 0.500. The molecule has 30 heavy (non-hydrogen) atoms. The maximum atomic E-state index is 13.6. The Morgan fingerprint density at radius 2 is 1.90 bits per heavy atom. The summed E-state index contributed by atoms with van der Waals surface area (Å²) in [5, 5.41) is 2.12. The number of hydrogen-bond acceptors (Lipinski definition) is 3. The van der Waals surface area contributed by atoms with Gasteiger partial charge in [-0.05, 0) is 54.3 Å². The molecular weight excluding hydrogens is 416 g/mol. The number of halogens is 1. The molecule has 6 heteroatoms. The number of fused-ring (bicyclic) bond motifs is 1. The topological polar surface area (TPSA) is 40.6 Å². The van der Waals surface area contributed by atoms with Crippen LogP contribution in [0.2, 0.25) is 0 Å². The predicted molar refractivity (Wildman–Crippen MR) is 122 cm³/mol. The lowest BCUT2D eigenvalue weighted by molar-refractivity contribution is -0.142. The summed E-state index contributed by atoms with van der Waals surface area (Å²) in [6, 6.07) is 10.5. The number of thiophene rings is 1. The lowest BCUT2D eigenvalue weighted by atomic mass is 9.90. The molecule has 4 rings (SSSR count). The molecule has 160 valence electrons. The molecule has 2 heterocycles. The molecule has 1 aromatic carbocycles. The highest BCUT2D eigenvalue weighted by molar-refractivity contribution is 7.10. The number of rotatable bonds is 5. The first-order valence-corrected chi connectivity index (χ1v) is 12.3. The average molecular weight is 445 g/mol. The van der Waals surface area contributed by atoms with Crippen LogP contribution in [0, 0.1) is 6.92 Å². The largest absolute Gasteiger partial charge is 0.330 e. The summed E-state index contributed by atoms with van der Waals surface area (Å²) in [7, 11) is 0. The molecule has 0 radical (unpaired) electrons. The second-order valence-corrected chi connectivity index (χ2v) is 9.61. The number of hydrogen-bond donors (Lipinski definition) is 0. The first-order valence-electron chi connectivity index (χ1n) is 10.9. The molecule has 1 atom stereocenters. The highest BCUT2D eigenvalue weighted by atomic mass is 35.5. The van der Waals surface area contributed by atoms with E-state index in [0.717, 1.165) is 37.7 Å². The third-order valence-corrected chi connectivity index (χ3v) is 7.75. The van der Waals surface area contributed by atoms with Gasteiger partial charge in [0.05, 0.1) is 6.04 Å². The summed E-state index contributed by atoms with van der Waals surface area (Å²) in [5.74, 6) is -0.179. The Kier molecular flexibility index (Phi) is 6.79. The van der Waals surface area contributed by atoms with Crippen LogP contribution >= 0.6 is 22.9 Å². The number of nitrogens with zero attached hydrogens (tertiary/aromatic N) is 2. The molecule has 1 fully saturated rings. The van der Waals surface area contributed by atoms with Gasteiger partial charge in [0.15, 0.2) is 0 Å². The Hall–Kier alpha value is -1.85. The number of aryl methyl sites for hydroxylation is 1. The lowest BCUT2D eigenvalue weighted by Gasteiger charge is -2.40. The molecule has 4 nitrogen and oxygen atoms in total. The number of amides is 2. The van der Waals surface area contributed by atoms with E-state index in [1.165, 1.54) is 22.4 Å². The molecule has 0 N–H and O–H groups in total. The van der Waals surface area contributed by atoms with Crippen LogP contribution in [0.1, 0.15) is 59.7 Å². The second-order valence-electron chi connectivity index (χ2n) is 8.34. The van der Waals surface area contributed by atoms with Crippen molar-refractivity contribution >= 4 is 34.8 Å². The SMILES string of the molecule is Cc1ccccc1C1c2ccsc2CCN1C(=O)CN(C(=O)CCl)C1CCCCC1. The van der Waals surface area contributed by atoms with Crippen molar-refractivity contribution in [2.24, 2.45) is 0 Å². The van der Waals surface area contributed by atoms with Gasteiger partial charge < -0.3 is 9.80 Å². The van der Waals surface area contributed by atoms with Crippen LogP contribution in [-0.4, -0.2) is 46.6 Å². The predicted octanol–water partition coefficient (Wildman–Crippen LogP) is 4.93. The molecular formula is C24H29ClN2O2S. The minimum atomic E-state index is -0.127. The maximum absolute atomic E-state index is 13.6. The van der Waals surface area contributed by atoms with Crippen LogP contribution in [0.25, 0.3) is 0 Å². The van der Waals surface area contributed by atoms with Gasteiger partial charge in [-0.25, -0.2) is 0 Å². The van der Waals surface area contributed by atoms with Gasteiger partial charge in [0.25, 0.3) is 0 Å². The molecule has 2 aromatic rings. The fourth-order valence-electron chi connectivity index (χ4n) is 4.94. The first-order chi connectivity index (χ1) is 14.6. The number of carbonyl (C=O) groups excluding carboxylic acids is 2. The van der Waals surface area contributed by atoms with E-state index >= 15 is 0 Å². The smallest absolute Gasteiger partial charge is 0.243 e. The Labute approximate surface area is 187 Å². The van der Waals surface area contributed by atoms with Crippen molar-refractivity contribution in [1.29, 1.82) is 0 Å². The van der Waals surface area contributed by atoms with Crippen LogP contribution < -0.4 is 0 Å². The maximum Gasteiger partial charge on any atom is 0.243 e. The van der Waals surface area contributed by atoms with Crippen LogP contribution in [0.15, 0.2) is 35.7 Å². The third kappa shape index (κ3) is 4.28. The van der Waals surface area contributed by atoms with E-state index in [-0.39, 0.29) is 36.3 Å². The van der Waals surface area contributed by atoms with E-state index < -0.39 is 0 Å². The highest BCUT2D eigenvalue weighted by Crippen LogP contribution is 2.39. The summed E-state index contributed by atoms with van der Waals surface area (Å²) in [6.07, 6.45) is 6.22. The lowest BCUT2D eigenvalue weighted by Crippen LogP contribution is -2.50. The van der Waals surface area contributed by atoms with Crippen molar-refractivity contribution in [3.05, 3.63) is 57.3 Å². The fourth-order valence-corrected chi connectivity index (χ4v) is 6.00. The van der Waals surface area contributed by atoms with Gasteiger partial charge in [-0.15, -0.1) is 22.9 Å². The van der Waals surface area contributed by atoms with Crippen LogP contribution in [0.4, 0.5) is 0 Å². The van der Waals surface area contributed by atoms with E-state index in [0.29, 0.717) is 6.54 Å². The van der Waals surface area contributed by atoms with Crippen molar-refractivity contribution < 1.29 is 9.59 Å². The zero-order chi connectivity index (χ0) is 21.1. The van der Waals surface area contributed by atoms with Gasteiger partial charge in [0, 0.05) is 17.5 Å². The number of carbonyl (C=O) groups is 2. The zero-order valence-corrected chi connectivity index (χ0v) is 19.1. The Morgan fingerprint density at radius 3 is 2.63 bits per heavy atom. The Morgan fingerprint density at radius 1 is 1.13 bits per heavy atom. The molecule has 1 aliphatic carbocycles. The van der Waals surface area contributed by atoms with E-state index in [1.807, 2.05) is 17.0 Å². The normalized spacial score (nSPS) is 19.4. The van der Waals surface area contributed by atoms with Crippen molar-refractivity contribution in [2.75, 3.05) is 19.0 Å². The monoisotopic (exact) mass is 444 g/mol. The third-order valence-electron chi connectivity index (χ3n) is 6.53. The zero-order valence-electron chi connectivity index (χ0n) is 17.5. The minimum Gasteiger partial charge on any atom is -0.330 e. The van der Waals surface area contributed by atoms with Crippen LogP contribution in [-0.2, 0) is 16.0 Å². The second kappa shape index (κ2) is 9.52. The van der Waals surface area contributed by atoms with E-state index in [4.69, 9.17) is 11.6 Å². The molecule has 0 bridgehead atoms. The summed E-state index contributed by atoms with van der Waals surface area (Å²) in [4.78, 5) is 31.3. The molecule has 2 aliphatic rings. The van der Waals surface area contributed by atoms with Gasteiger partial charge >= 0.3 is 0 Å². The molecule has 1 aromatic heterocycles. The Balaban J connectivity index is 1.62. The Bertz CT molecular complexity index is 906. The van der Waals surface area contributed by atoms with Gasteiger partial charge in [-0.3, -0.25) is 9.59 Å². The molecule has 1 saturated carbocycles. The summed E-state index contributed by atoms with van der Waals surface area (Å²) < 4.78 is 0. The molecule has 1 aliphatic heterocycles. The minimum absolute atomic E-state index is 0.0177. The molecule has 2 amide bonds. The van der Waals surface area contributed by atoms with E-state index in [2.05, 4.69) is 30.5 Å².